The van der Waals surface area contributed by atoms with Gasteiger partial charge in [-0.15, -0.1) is 5.10 Å². The number of anilines is 4. The molecule has 1 unspecified atom stereocenters. The number of benzene rings is 1. The van der Waals surface area contributed by atoms with Gasteiger partial charge in [-0.05, 0) is 51.0 Å². The van der Waals surface area contributed by atoms with E-state index >= 15 is 0 Å². The predicted molar refractivity (Wildman–Crippen MR) is 101 cm³/mol. The summed E-state index contributed by atoms with van der Waals surface area (Å²) in [6.07, 6.45) is 4.11. The Kier molecular flexibility index (Phi) is 6.00. The van der Waals surface area contributed by atoms with Crippen LogP contribution in [0.2, 0.25) is 0 Å². The second-order valence-corrected chi connectivity index (χ2v) is 6.03. The molecule has 25 heavy (non-hydrogen) atoms. The monoisotopic (exact) mass is 342 g/mol. The summed E-state index contributed by atoms with van der Waals surface area (Å²) in [5.74, 6) is 1.18. The molecule has 2 aromatic rings. The lowest BCUT2D eigenvalue weighted by Gasteiger charge is -2.21. The quantitative estimate of drug-likeness (QED) is 0.763. The minimum absolute atomic E-state index is 0.263. The van der Waals surface area contributed by atoms with E-state index in [1.54, 1.807) is 6.20 Å². The van der Waals surface area contributed by atoms with Crippen molar-refractivity contribution in [1.29, 1.82) is 0 Å². The summed E-state index contributed by atoms with van der Waals surface area (Å²) < 4.78 is 5.60. The van der Waals surface area contributed by atoms with Gasteiger partial charge < -0.3 is 20.3 Å². The lowest BCUT2D eigenvalue weighted by molar-refractivity contribution is 0.120. The summed E-state index contributed by atoms with van der Waals surface area (Å²) in [6.45, 7) is 7.90. The molecule has 7 nitrogen and oxygen atoms in total. The van der Waals surface area contributed by atoms with Crippen molar-refractivity contribution in [3.8, 4) is 0 Å². The van der Waals surface area contributed by atoms with Crippen LogP contribution in [0.5, 0.6) is 0 Å². The first-order valence-electron chi connectivity index (χ1n) is 8.95. The molecular formula is C18H26N6O. The van der Waals surface area contributed by atoms with E-state index in [0.29, 0.717) is 11.8 Å². The Balaban J connectivity index is 1.59. The minimum Gasteiger partial charge on any atom is -0.376 e. The normalized spacial score (nSPS) is 16.6. The van der Waals surface area contributed by atoms with Crippen molar-refractivity contribution in [3.05, 3.63) is 30.5 Å². The Labute approximate surface area is 148 Å². The number of ether oxygens (including phenoxy) is 1. The third-order valence-corrected chi connectivity index (χ3v) is 4.35. The maximum atomic E-state index is 5.60. The summed E-state index contributed by atoms with van der Waals surface area (Å²) in [7, 11) is 0. The molecule has 0 amide bonds. The second kappa shape index (κ2) is 8.62. The van der Waals surface area contributed by atoms with E-state index in [0.717, 1.165) is 44.8 Å². The first-order chi connectivity index (χ1) is 12.3. The zero-order valence-corrected chi connectivity index (χ0v) is 14.9. The van der Waals surface area contributed by atoms with Crippen LogP contribution in [0.4, 0.5) is 23.1 Å². The van der Waals surface area contributed by atoms with Crippen LogP contribution in [-0.4, -0.2) is 47.5 Å². The topological polar surface area (TPSA) is 75.2 Å². The second-order valence-electron chi connectivity index (χ2n) is 6.03. The van der Waals surface area contributed by atoms with Gasteiger partial charge in [-0.25, -0.2) is 0 Å². The van der Waals surface area contributed by atoms with Crippen molar-refractivity contribution >= 4 is 23.1 Å². The Morgan fingerprint density at radius 2 is 2.00 bits per heavy atom. The van der Waals surface area contributed by atoms with Gasteiger partial charge in [0.05, 0.1) is 12.3 Å². The van der Waals surface area contributed by atoms with Crippen LogP contribution in [0, 0.1) is 0 Å². The van der Waals surface area contributed by atoms with Crippen molar-refractivity contribution in [2.24, 2.45) is 0 Å². The van der Waals surface area contributed by atoms with Crippen LogP contribution in [0.25, 0.3) is 0 Å². The highest BCUT2D eigenvalue weighted by Gasteiger charge is 2.15. The number of nitrogens with one attached hydrogen (secondary N) is 2. The molecule has 2 N–H and O–H groups in total. The van der Waals surface area contributed by atoms with Crippen LogP contribution in [0.1, 0.15) is 26.7 Å². The number of hydrogen-bond donors (Lipinski definition) is 2. The van der Waals surface area contributed by atoms with E-state index in [4.69, 9.17) is 4.74 Å². The lowest BCUT2D eigenvalue weighted by atomic mass is 10.2. The highest BCUT2D eigenvalue weighted by atomic mass is 16.5. The molecule has 1 atom stereocenters. The fourth-order valence-electron chi connectivity index (χ4n) is 2.94. The van der Waals surface area contributed by atoms with Gasteiger partial charge in [0.2, 0.25) is 5.95 Å². The molecular weight excluding hydrogens is 316 g/mol. The average Bonchev–Trinajstić information content (AvgIpc) is 3.16. The molecule has 0 bridgehead atoms. The molecule has 1 aliphatic rings. The van der Waals surface area contributed by atoms with Crippen molar-refractivity contribution in [2.45, 2.75) is 32.8 Å². The van der Waals surface area contributed by atoms with Gasteiger partial charge in [0.25, 0.3) is 0 Å². The number of hydrogen-bond acceptors (Lipinski definition) is 7. The fourth-order valence-corrected chi connectivity index (χ4v) is 2.94. The molecule has 1 aromatic carbocycles. The van der Waals surface area contributed by atoms with Crippen LogP contribution >= 0.6 is 0 Å². The first kappa shape index (κ1) is 17.4. The first-order valence-corrected chi connectivity index (χ1v) is 8.95. The van der Waals surface area contributed by atoms with Gasteiger partial charge in [-0.3, -0.25) is 0 Å². The van der Waals surface area contributed by atoms with Crippen LogP contribution in [0.15, 0.2) is 30.5 Å². The van der Waals surface area contributed by atoms with Crippen molar-refractivity contribution in [1.82, 2.24) is 15.2 Å². The van der Waals surface area contributed by atoms with Crippen LogP contribution in [0.3, 0.4) is 0 Å². The van der Waals surface area contributed by atoms with E-state index in [9.17, 15) is 0 Å². The van der Waals surface area contributed by atoms with Crippen LogP contribution in [-0.2, 0) is 4.74 Å². The molecule has 7 heteroatoms. The molecule has 1 aliphatic heterocycles. The highest BCUT2D eigenvalue weighted by molar-refractivity contribution is 5.59. The zero-order chi connectivity index (χ0) is 17.5. The Morgan fingerprint density at radius 3 is 2.68 bits per heavy atom. The van der Waals surface area contributed by atoms with Crippen molar-refractivity contribution < 1.29 is 4.74 Å². The largest absolute Gasteiger partial charge is 0.376 e. The molecule has 0 aliphatic carbocycles. The summed E-state index contributed by atoms with van der Waals surface area (Å²) in [6, 6.07) is 8.26. The Morgan fingerprint density at radius 1 is 1.20 bits per heavy atom. The Bertz CT molecular complexity index is 653. The van der Waals surface area contributed by atoms with E-state index in [2.05, 4.69) is 56.7 Å². The average molecular weight is 342 g/mol. The minimum atomic E-state index is 0.263. The van der Waals surface area contributed by atoms with Gasteiger partial charge in [-0.2, -0.15) is 10.1 Å². The van der Waals surface area contributed by atoms with Gasteiger partial charge in [0.1, 0.15) is 0 Å². The molecule has 0 saturated carbocycles. The highest BCUT2D eigenvalue weighted by Crippen LogP contribution is 2.20. The molecule has 0 spiro atoms. The number of nitrogens with zero attached hydrogens (tertiary/aromatic N) is 4. The SMILES string of the molecule is CCN(CC)c1ccc(Nc2nncc(NCC3CCCO3)n2)cc1. The summed E-state index contributed by atoms with van der Waals surface area (Å²) >= 11 is 0. The molecule has 2 heterocycles. The lowest BCUT2D eigenvalue weighted by Crippen LogP contribution is -2.21. The van der Waals surface area contributed by atoms with E-state index in [1.807, 2.05) is 12.1 Å². The van der Waals surface area contributed by atoms with Gasteiger partial charge in [0.15, 0.2) is 5.82 Å². The van der Waals surface area contributed by atoms with Crippen molar-refractivity contribution in [2.75, 3.05) is 41.8 Å². The summed E-state index contributed by atoms with van der Waals surface area (Å²) in [4.78, 5) is 6.76. The standard InChI is InChI=1S/C18H26N6O/c1-3-24(4-2)15-9-7-14(8-10-15)21-18-22-17(13-20-23-18)19-12-16-6-5-11-25-16/h7-10,13,16H,3-6,11-12H2,1-2H3,(H2,19,21,22,23). The van der Waals surface area contributed by atoms with Gasteiger partial charge in [0, 0.05) is 37.6 Å². The summed E-state index contributed by atoms with van der Waals surface area (Å²) in [5.41, 5.74) is 2.15. The molecule has 134 valence electrons. The van der Waals surface area contributed by atoms with Gasteiger partial charge >= 0.3 is 0 Å². The van der Waals surface area contributed by atoms with Crippen LogP contribution < -0.4 is 15.5 Å². The Hall–Kier alpha value is -2.41. The smallest absolute Gasteiger partial charge is 0.249 e. The van der Waals surface area contributed by atoms with Gasteiger partial charge in [-0.1, -0.05) is 0 Å². The fraction of sp³-hybridized carbons (Fsp3) is 0.500. The third-order valence-electron chi connectivity index (χ3n) is 4.35. The van der Waals surface area contributed by atoms with Crippen molar-refractivity contribution in [3.63, 3.8) is 0 Å². The maximum Gasteiger partial charge on any atom is 0.249 e. The van der Waals surface area contributed by atoms with E-state index in [1.165, 1.54) is 5.69 Å². The van der Waals surface area contributed by atoms with E-state index < -0.39 is 0 Å². The zero-order valence-electron chi connectivity index (χ0n) is 14.9. The molecule has 3 rings (SSSR count). The maximum absolute atomic E-state index is 5.60. The predicted octanol–water partition coefficient (Wildman–Crippen LogP) is 3.05. The number of aromatic nitrogens is 3. The molecule has 1 saturated heterocycles. The molecule has 0 radical (unpaired) electrons. The third kappa shape index (κ3) is 4.79. The number of rotatable bonds is 8. The van der Waals surface area contributed by atoms with E-state index in [-0.39, 0.29) is 6.10 Å². The summed E-state index contributed by atoms with van der Waals surface area (Å²) in [5, 5.41) is 14.5. The molecule has 1 fully saturated rings. The molecule has 1 aromatic heterocycles.